The van der Waals surface area contributed by atoms with Crippen LogP contribution in [0.3, 0.4) is 0 Å². The van der Waals surface area contributed by atoms with E-state index in [1.165, 1.54) is 24.1 Å². The first-order valence-electron chi connectivity index (χ1n) is 12.2. The predicted octanol–water partition coefficient (Wildman–Crippen LogP) is 5.85. The molecule has 0 bridgehead atoms. The molecule has 1 unspecified atom stereocenters. The normalized spacial score (nSPS) is 14.8. The summed E-state index contributed by atoms with van der Waals surface area (Å²) in [6.45, 7) is 0.411. The van der Waals surface area contributed by atoms with Crippen LogP contribution in [0.5, 0.6) is 5.75 Å². The van der Waals surface area contributed by atoms with Crippen LogP contribution in [0.15, 0.2) is 65.1 Å². The number of hydrogen-bond acceptors (Lipinski definition) is 4. The van der Waals surface area contributed by atoms with E-state index in [1.807, 2.05) is 6.07 Å². The third-order valence-corrected chi connectivity index (χ3v) is 7.32. The van der Waals surface area contributed by atoms with Crippen LogP contribution in [0.2, 0.25) is 0 Å². The van der Waals surface area contributed by atoms with Gasteiger partial charge in [-0.15, -0.1) is 0 Å². The smallest absolute Gasteiger partial charge is 0.262 e. The maximum Gasteiger partial charge on any atom is 0.262 e. The Balaban J connectivity index is 1.63. The minimum atomic E-state index is -0.414. The Labute approximate surface area is 229 Å². The van der Waals surface area contributed by atoms with Crippen LogP contribution in [0.25, 0.3) is 0 Å². The minimum absolute atomic E-state index is 0.0492. The zero-order valence-corrected chi connectivity index (χ0v) is 23.0. The summed E-state index contributed by atoms with van der Waals surface area (Å²) in [6.07, 6.45) is 1.54. The Morgan fingerprint density at radius 1 is 1.08 bits per heavy atom. The minimum Gasteiger partial charge on any atom is -0.496 e. The molecule has 0 radical (unpaired) electrons. The standard InChI is InChI=1S/C29H29BrFN3O4/c1-33(2)27(35)15-18-7-6-14-34(25-13-10-19(31)16-23(18)25)29(37)22-12-11-20(17-26(22)38-3)32-28(36)21-8-4-5-9-24(21)30/h4-5,8-13,16-18H,6-7,14-15H2,1-3H3,(H,32,36). The molecule has 3 aromatic rings. The number of ether oxygens (including phenoxy) is 1. The summed E-state index contributed by atoms with van der Waals surface area (Å²) in [5.41, 5.74) is 2.48. The number of nitrogens with zero attached hydrogens (tertiary/aromatic N) is 2. The molecule has 1 N–H and O–H groups in total. The Morgan fingerprint density at radius 3 is 2.55 bits per heavy atom. The van der Waals surface area contributed by atoms with E-state index in [1.54, 1.807) is 61.5 Å². The number of hydrogen-bond donors (Lipinski definition) is 1. The Hall–Kier alpha value is -3.72. The molecule has 3 amide bonds. The number of carbonyl (C=O) groups is 3. The first-order valence-corrected chi connectivity index (χ1v) is 13.0. The lowest BCUT2D eigenvalue weighted by Gasteiger charge is -2.25. The number of halogens is 2. The highest BCUT2D eigenvalue weighted by molar-refractivity contribution is 9.10. The Bertz CT molecular complexity index is 1380. The number of nitrogens with one attached hydrogen (secondary N) is 1. The van der Waals surface area contributed by atoms with Gasteiger partial charge in [-0.3, -0.25) is 14.4 Å². The van der Waals surface area contributed by atoms with Crippen LogP contribution in [-0.2, 0) is 4.79 Å². The molecule has 9 heteroatoms. The fourth-order valence-electron chi connectivity index (χ4n) is 4.62. The molecule has 0 aliphatic carbocycles. The van der Waals surface area contributed by atoms with E-state index in [9.17, 15) is 18.8 Å². The molecule has 198 valence electrons. The molecule has 0 saturated carbocycles. The van der Waals surface area contributed by atoms with Gasteiger partial charge in [-0.05, 0) is 82.7 Å². The van der Waals surface area contributed by atoms with E-state index in [4.69, 9.17) is 4.74 Å². The second-order valence-electron chi connectivity index (χ2n) is 9.34. The molecule has 4 rings (SSSR count). The van der Waals surface area contributed by atoms with Crippen molar-refractivity contribution < 1.29 is 23.5 Å². The summed E-state index contributed by atoms with van der Waals surface area (Å²) in [4.78, 5) is 42.1. The van der Waals surface area contributed by atoms with Crippen molar-refractivity contribution in [1.29, 1.82) is 0 Å². The molecule has 0 aromatic heterocycles. The van der Waals surface area contributed by atoms with Crippen molar-refractivity contribution in [2.75, 3.05) is 38.0 Å². The molecule has 38 heavy (non-hydrogen) atoms. The number of rotatable bonds is 6. The molecule has 1 atom stereocenters. The van der Waals surface area contributed by atoms with Gasteiger partial charge in [-0.25, -0.2) is 4.39 Å². The highest BCUT2D eigenvalue weighted by Crippen LogP contribution is 2.38. The summed E-state index contributed by atoms with van der Waals surface area (Å²) in [5.74, 6) is -0.981. The zero-order chi connectivity index (χ0) is 27.4. The van der Waals surface area contributed by atoms with E-state index >= 15 is 0 Å². The van der Waals surface area contributed by atoms with Crippen LogP contribution >= 0.6 is 15.9 Å². The maximum absolute atomic E-state index is 14.3. The van der Waals surface area contributed by atoms with Crippen LogP contribution in [0.4, 0.5) is 15.8 Å². The molecule has 7 nitrogen and oxygen atoms in total. The van der Waals surface area contributed by atoms with Crippen molar-refractivity contribution in [1.82, 2.24) is 4.90 Å². The predicted molar refractivity (Wildman–Crippen MR) is 148 cm³/mol. The summed E-state index contributed by atoms with van der Waals surface area (Å²) >= 11 is 3.38. The van der Waals surface area contributed by atoms with Gasteiger partial charge >= 0.3 is 0 Å². The summed E-state index contributed by atoms with van der Waals surface area (Å²) in [7, 11) is 4.84. The Kier molecular flexibility index (Phi) is 8.46. The third-order valence-electron chi connectivity index (χ3n) is 6.63. The van der Waals surface area contributed by atoms with Gasteiger partial charge < -0.3 is 19.9 Å². The Morgan fingerprint density at radius 2 is 1.84 bits per heavy atom. The van der Waals surface area contributed by atoms with Crippen molar-refractivity contribution >= 4 is 45.0 Å². The average molecular weight is 582 g/mol. The van der Waals surface area contributed by atoms with E-state index in [2.05, 4.69) is 21.2 Å². The zero-order valence-electron chi connectivity index (χ0n) is 21.5. The second-order valence-corrected chi connectivity index (χ2v) is 10.2. The molecule has 1 heterocycles. The van der Waals surface area contributed by atoms with Gasteiger partial charge in [-0.2, -0.15) is 0 Å². The van der Waals surface area contributed by atoms with Crippen LogP contribution in [-0.4, -0.2) is 50.4 Å². The van der Waals surface area contributed by atoms with Gasteiger partial charge in [0.25, 0.3) is 11.8 Å². The maximum atomic E-state index is 14.3. The highest BCUT2D eigenvalue weighted by Gasteiger charge is 2.30. The van der Waals surface area contributed by atoms with E-state index in [0.717, 1.165) is 0 Å². The largest absolute Gasteiger partial charge is 0.496 e. The van der Waals surface area contributed by atoms with Gasteiger partial charge in [0.2, 0.25) is 5.91 Å². The van der Waals surface area contributed by atoms with E-state index < -0.39 is 5.82 Å². The molecular formula is C29H29BrFN3O4. The number of carbonyl (C=O) groups excluding carboxylic acids is 3. The number of amides is 3. The van der Waals surface area contributed by atoms with Crippen LogP contribution in [0.1, 0.15) is 51.5 Å². The van der Waals surface area contributed by atoms with Gasteiger partial charge in [-0.1, -0.05) is 12.1 Å². The van der Waals surface area contributed by atoms with E-state index in [-0.39, 0.29) is 30.1 Å². The van der Waals surface area contributed by atoms with Crippen molar-refractivity contribution in [3.05, 3.63) is 87.6 Å². The van der Waals surface area contributed by atoms with Gasteiger partial charge in [0.15, 0.2) is 0 Å². The third kappa shape index (κ3) is 5.88. The number of benzene rings is 3. The molecule has 1 aliphatic heterocycles. The lowest BCUT2D eigenvalue weighted by atomic mass is 9.90. The SMILES string of the molecule is COc1cc(NC(=O)c2ccccc2Br)ccc1C(=O)N1CCCC(CC(=O)N(C)C)c2cc(F)ccc21. The average Bonchev–Trinajstić information content (AvgIpc) is 3.07. The number of fused-ring (bicyclic) bond motifs is 1. The van der Waals surface area contributed by atoms with Crippen molar-refractivity contribution in [2.45, 2.75) is 25.2 Å². The van der Waals surface area contributed by atoms with Crippen molar-refractivity contribution in [3.8, 4) is 5.75 Å². The first-order chi connectivity index (χ1) is 18.2. The van der Waals surface area contributed by atoms with Gasteiger partial charge in [0, 0.05) is 49.0 Å². The van der Waals surface area contributed by atoms with Crippen LogP contribution < -0.4 is 15.0 Å². The lowest BCUT2D eigenvalue weighted by molar-refractivity contribution is -0.129. The quantitative estimate of drug-likeness (QED) is 0.396. The summed E-state index contributed by atoms with van der Waals surface area (Å²) in [5, 5.41) is 2.83. The summed E-state index contributed by atoms with van der Waals surface area (Å²) in [6, 6.07) is 16.3. The van der Waals surface area contributed by atoms with Crippen molar-refractivity contribution in [3.63, 3.8) is 0 Å². The second kappa shape index (κ2) is 11.8. The van der Waals surface area contributed by atoms with Crippen molar-refractivity contribution in [2.24, 2.45) is 0 Å². The fourth-order valence-corrected chi connectivity index (χ4v) is 5.09. The fraction of sp³-hybridized carbons (Fsp3) is 0.276. The first kappa shape index (κ1) is 27.3. The molecule has 1 aliphatic rings. The lowest BCUT2D eigenvalue weighted by Crippen LogP contribution is -2.32. The molecule has 0 spiro atoms. The van der Waals surface area contributed by atoms with E-state index in [0.29, 0.717) is 57.7 Å². The molecule has 3 aromatic carbocycles. The number of anilines is 2. The topological polar surface area (TPSA) is 79.0 Å². The molecular weight excluding hydrogens is 553 g/mol. The highest BCUT2D eigenvalue weighted by atomic mass is 79.9. The van der Waals surface area contributed by atoms with Gasteiger partial charge in [0.05, 0.1) is 18.2 Å². The monoisotopic (exact) mass is 581 g/mol. The number of methoxy groups -OCH3 is 1. The van der Waals surface area contributed by atoms with Crippen LogP contribution in [0, 0.1) is 5.82 Å². The molecule has 0 fully saturated rings. The summed E-state index contributed by atoms with van der Waals surface area (Å²) < 4.78 is 20.5. The van der Waals surface area contributed by atoms with Gasteiger partial charge in [0.1, 0.15) is 11.6 Å². The molecule has 0 saturated heterocycles.